The summed E-state index contributed by atoms with van der Waals surface area (Å²) in [6.07, 6.45) is 2.02. The Morgan fingerprint density at radius 2 is 1.94 bits per heavy atom. The molecule has 2 nitrogen and oxygen atoms in total. The number of hydrogen-bond donors (Lipinski definition) is 0. The maximum absolute atomic E-state index is 13.2. The molecule has 1 fully saturated rings. The van der Waals surface area contributed by atoms with E-state index in [1.54, 1.807) is 0 Å². The van der Waals surface area contributed by atoms with E-state index < -0.39 is 0 Å². The first-order valence-electron chi connectivity index (χ1n) is 5.27. The number of halogens is 3. The van der Waals surface area contributed by atoms with E-state index in [1.807, 2.05) is 0 Å². The lowest BCUT2D eigenvalue weighted by Gasteiger charge is -2.17. The van der Waals surface area contributed by atoms with E-state index in [1.165, 1.54) is 19.2 Å². The zero-order valence-corrected chi connectivity index (χ0v) is 12.3. The highest BCUT2D eigenvalue weighted by Crippen LogP contribution is 2.47. The Kier molecular flexibility index (Phi) is 3.88. The number of ether oxygens (including phenoxy) is 1. The summed E-state index contributed by atoms with van der Waals surface area (Å²) in [6, 6.07) is 2.75. The summed E-state index contributed by atoms with van der Waals surface area (Å²) in [7, 11) is 1.38. The topological polar surface area (TPSA) is 26.3 Å². The highest BCUT2D eigenvalue weighted by atomic mass is 79.9. The van der Waals surface area contributed by atoms with Crippen molar-refractivity contribution in [2.75, 3.05) is 7.11 Å². The normalized spacial score (nSPS) is 16.7. The first kappa shape index (κ1) is 13.0. The van der Waals surface area contributed by atoms with Crippen molar-refractivity contribution in [2.24, 2.45) is 5.92 Å². The van der Waals surface area contributed by atoms with Gasteiger partial charge in [0.15, 0.2) is 0 Å². The van der Waals surface area contributed by atoms with Gasteiger partial charge in [0.25, 0.3) is 0 Å². The fourth-order valence-electron chi connectivity index (χ4n) is 1.95. The highest BCUT2D eigenvalue weighted by molar-refractivity contribution is 9.11. The maximum Gasteiger partial charge on any atom is 0.313 e. The summed E-state index contributed by atoms with van der Waals surface area (Å²) in [4.78, 5) is 11.8. The van der Waals surface area contributed by atoms with Crippen LogP contribution in [0.1, 0.15) is 24.3 Å². The molecular weight excluding hydrogens is 355 g/mol. The van der Waals surface area contributed by atoms with Gasteiger partial charge in [-0.25, -0.2) is 4.39 Å². The van der Waals surface area contributed by atoms with Crippen molar-refractivity contribution in [1.82, 2.24) is 0 Å². The molecule has 0 aliphatic heterocycles. The molecule has 1 unspecified atom stereocenters. The van der Waals surface area contributed by atoms with E-state index in [2.05, 4.69) is 31.9 Å². The van der Waals surface area contributed by atoms with Crippen LogP contribution < -0.4 is 0 Å². The van der Waals surface area contributed by atoms with E-state index >= 15 is 0 Å². The molecule has 1 atom stereocenters. The zero-order chi connectivity index (χ0) is 12.6. The lowest BCUT2D eigenvalue weighted by Crippen LogP contribution is -2.17. The molecule has 1 aromatic carbocycles. The van der Waals surface area contributed by atoms with Crippen molar-refractivity contribution >= 4 is 37.8 Å². The Hall–Kier alpha value is -0.420. The molecule has 0 heterocycles. The van der Waals surface area contributed by atoms with Gasteiger partial charge in [0, 0.05) is 8.95 Å². The fourth-order valence-corrected chi connectivity index (χ4v) is 3.58. The Morgan fingerprint density at radius 3 is 2.35 bits per heavy atom. The predicted molar refractivity (Wildman–Crippen MR) is 69.3 cm³/mol. The van der Waals surface area contributed by atoms with Gasteiger partial charge < -0.3 is 4.74 Å². The molecule has 1 aliphatic rings. The Balaban J connectivity index is 2.46. The minimum absolute atomic E-state index is 0.263. The van der Waals surface area contributed by atoms with Crippen molar-refractivity contribution < 1.29 is 13.9 Å². The van der Waals surface area contributed by atoms with Crippen molar-refractivity contribution in [3.8, 4) is 0 Å². The van der Waals surface area contributed by atoms with E-state index in [-0.39, 0.29) is 17.7 Å². The van der Waals surface area contributed by atoms with E-state index in [0.717, 1.165) is 18.4 Å². The Morgan fingerprint density at radius 1 is 1.41 bits per heavy atom. The lowest BCUT2D eigenvalue weighted by atomic mass is 9.94. The van der Waals surface area contributed by atoms with Crippen LogP contribution in [0.25, 0.3) is 0 Å². The molecule has 0 spiro atoms. The number of esters is 1. The first-order chi connectivity index (χ1) is 8.04. The summed E-state index contributed by atoms with van der Waals surface area (Å²) in [5.41, 5.74) is 0.778. The molecule has 0 aromatic heterocycles. The first-order valence-corrected chi connectivity index (χ1v) is 6.85. The number of hydrogen-bond acceptors (Lipinski definition) is 2. The van der Waals surface area contributed by atoms with Crippen molar-refractivity contribution in [2.45, 2.75) is 18.8 Å². The standard InChI is InChI=1S/C12H11Br2FO2/c1-17-12(16)10(6-2-3-6)11-8(13)4-7(15)5-9(11)14/h4-6,10H,2-3H2,1H3. The number of rotatable bonds is 3. The van der Waals surface area contributed by atoms with Crippen LogP contribution in [0.2, 0.25) is 0 Å². The van der Waals surface area contributed by atoms with E-state index in [9.17, 15) is 9.18 Å². The van der Waals surface area contributed by atoms with Crippen LogP contribution in [-0.4, -0.2) is 13.1 Å². The summed E-state index contributed by atoms with van der Waals surface area (Å²) in [5, 5.41) is 0. The maximum atomic E-state index is 13.2. The monoisotopic (exact) mass is 364 g/mol. The number of benzene rings is 1. The smallest absolute Gasteiger partial charge is 0.313 e. The molecule has 17 heavy (non-hydrogen) atoms. The summed E-state index contributed by atoms with van der Waals surface area (Å²) in [5.74, 6) is -0.614. The summed E-state index contributed by atoms with van der Waals surface area (Å²) in [6.45, 7) is 0. The van der Waals surface area contributed by atoms with Crippen LogP contribution in [0.3, 0.4) is 0 Å². The second-order valence-electron chi connectivity index (χ2n) is 4.12. The molecular formula is C12H11Br2FO2. The van der Waals surface area contributed by atoms with Gasteiger partial charge in [-0.2, -0.15) is 0 Å². The average molecular weight is 366 g/mol. The van der Waals surface area contributed by atoms with Crippen LogP contribution in [-0.2, 0) is 9.53 Å². The van der Waals surface area contributed by atoms with Gasteiger partial charge in [-0.15, -0.1) is 0 Å². The third-order valence-corrected chi connectivity index (χ3v) is 4.22. The van der Waals surface area contributed by atoms with Gasteiger partial charge in [-0.3, -0.25) is 4.79 Å². The second kappa shape index (κ2) is 5.06. The molecule has 0 bridgehead atoms. The number of carbonyl (C=O) groups is 1. The van der Waals surface area contributed by atoms with Gasteiger partial charge in [-0.05, 0) is 36.5 Å². The van der Waals surface area contributed by atoms with Crippen LogP contribution in [0, 0.1) is 11.7 Å². The van der Waals surface area contributed by atoms with Gasteiger partial charge in [0.1, 0.15) is 5.82 Å². The SMILES string of the molecule is COC(=O)C(c1c(Br)cc(F)cc1Br)C1CC1. The van der Waals surface area contributed by atoms with E-state index in [4.69, 9.17) is 4.74 Å². The molecule has 2 rings (SSSR count). The molecule has 5 heteroatoms. The lowest BCUT2D eigenvalue weighted by molar-refractivity contribution is -0.143. The fraction of sp³-hybridized carbons (Fsp3) is 0.417. The zero-order valence-electron chi connectivity index (χ0n) is 9.17. The van der Waals surface area contributed by atoms with Crippen LogP contribution >= 0.6 is 31.9 Å². The Labute approximate surface area is 116 Å². The van der Waals surface area contributed by atoms with Crippen LogP contribution in [0.5, 0.6) is 0 Å². The van der Waals surface area contributed by atoms with Crippen molar-refractivity contribution in [3.05, 3.63) is 32.5 Å². The van der Waals surface area contributed by atoms with Gasteiger partial charge in [0.2, 0.25) is 0 Å². The highest BCUT2D eigenvalue weighted by Gasteiger charge is 2.40. The van der Waals surface area contributed by atoms with E-state index in [0.29, 0.717) is 14.9 Å². The largest absolute Gasteiger partial charge is 0.469 e. The molecule has 92 valence electrons. The molecule has 1 aromatic rings. The van der Waals surface area contributed by atoms with Crippen molar-refractivity contribution in [3.63, 3.8) is 0 Å². The third kappa shape index (κ3) is 2.71. The summed E-state index contributed by atoms with van der Waals surface area (Å²) >= 11 is 6.63. The van der Waals surface area contributed by atoms with Crippen LogP contribution in [0.15, 0.2) is 21.1 Å². The molecule has 1 saturated carbocycles. The van der Waals surface area contributed by atoms with Crippen molar-refractivity contribution in [1.29, 1.82) is 0 Å². The molecule has 1 aliphatic carbocycles. The average Bonchev–Trinajstić information content (AvgIpc) is 3.05. The quantitative estimate of drug-likeness (QED) is 0.756. The van der Waals surface area contributed by atoms with Gasteiger partial charge >= 0.3 is 5.97 Å². The Bertz CT molecular complexity index is 435. The van der Waals surface area contributed by atoms with Gasteiger partial charge in [-0.1, -0.05) is 31.9 Å². The number of carbonyl (C=O) groups excluding carboxylic acids is 1. The minimum Gasteiger partial charge on any atom is -0.469 e. The molecule has 0 saturated heterocycles. The molecule has 0 amide bonds. The minimum atomic E-state index is -0.341. The molecule has 0 N–H and O–H groups in total. The second-order valence-corrected chi connectivity index (χ2v) is 5.83. The van der Waals surface area contributed by atoms with Gasteiger partial charge in [0.05, 0.1) is 13.0 Å². The summed E-state index contributed by atoms with van der Waals surface area (Å²) < 4.78 is 19.2. The third-order valence-electron chi connectivity index (χ3n) is 2.90. The predicted octanol–water partition coefficient (Wildman–Crippen LogP) is 4.02. The molecule has 0 radical (unpaired) electrons. The number of methoxy groups -OCH3 is 1. The van der Waals surface area contributed by atoms with Crippen LogP contribution in [0.4, 0.5) is 4.39 Å².